The van der Waals surface area contributed by atoms with Gasteiger partial charge in [-0.3, -0.25) is 4.98 Å². The molecule has 1 aliphatic rings. The third-order valence-electron chi connectivity index (χ3n) is 2.34. The fourth-order valence-corrected chi connectivity index (χ4v) is 1.62. The summed E-state index contributed by atoms with van der Waals surface area (Å²) in [6.45, 7) is 2.10. The highest BCUT2D eigenvalue weighted by molar-refractivity contribution is 5.75. The van der Waals surface area contributed by atoms with Gasteiger partial charge in [-0.2, -0.15) is 0 Å². The molecule has 1 nitrogen and oxygen atoms in total. The fourth-order valence-electron chi connectivity index (χ4n) is 1.62. The highest BCUT2D eigenvalue weighted by Crippen LogP contribution is 2.24. The SMILES string of the molecule is CC1=CC(c2cncc(F)c2)=CCC1. The van der Waals surface area contributed by atoms with Crippen LogP contribution in [0.3, 0.4) is 0 Å². The van der Waals surface area contributed by atoms with Crippen LogP contribution in [0.1, 0.15) is 25.3 Å². The van der Waals surface area contributed by atoms with E-state index in [1.54, 1.807) is 6.20 Å². The number of allylic oxidation sites excluding steroid dienone is 4. The summed E-state index contributed by atoms with van der Waals surface area (Å²) in [6.07, 6.45) is 9.29. The van der Waals surface area contributed by atoms with E-state index in [0.29, 0.717) is 0 Å². The van der Waals surface area contributed by atoms with Gasteiger partial charge in [0.25, 0.3) is 0 Å². The molecular formula is C12H12FN. The summed E-state index contributed by atoms with van der Waals surface area (Å²) in [5, 5.41) is 0. The van der Waals surface area contributed by atoms with E-state index in [4.69, 9.17) is 0 Å². The van der Waals surface area contributed by atoms with Crippen LogP contribution in [-0.4, -0.2) is 4.98 Å². The minimum atomic E-state index is -0.278. The number of nitrogens with zero attached hydrogens (tertiary/aromatic N) is 1. The summed E-state index contributed by atoms with van der Waals surface area (Å²) in [5.74, 6) is -0.278. The lowest BCUT2D eigenvalue weighted by molar-refractivity contribution is 0.621. The van der Waals surface area contributed by atoms with Gasteiger partial charge in [0.15, 0.2) is 0 Å². The molecule has 0 fully saturated rings. The Labute approximate surface area is 83.0 Å². The van der Waals surface area contributed by atoms with Crippen LogP contribution in [0.4, 0.5) is 4.39 Å². The molecule has 0 aromatic carbocycles. The maximum absolute atomic E-state index is 12.9. The van der Waals surface area contributed by atoms with E-state index < -0.39 is 0 Å². The lowest BCUT2D eigenvalue weighted by Gasteiger charge is -2.10. The van der Waals surface area contributed by atoms with Gasteiger partial charge in [-0.05, 0) is 31.4 Å². The highest BCUT2D eigenvalue weighted by atomic mass is 19.1. The lowest BCUT2D eigenvalue weighted by atomic mass is 9.96. The van der Waals surface area contributed by atoms with Gasteiger partial charge in [0.1, 0.15) is 5.82 Å². The topological polar surface area (TPSA) is 12.9 Å². The van der Waals surface area contributed by atoms with E-state index in [9.17, 15) is 4.39 Å². The minimum absolute atomic E-state index is 0.278. The van der Waals surface area contributed by atoms with E-state index in [1.165, 1.54) is 17.8 Å². The average Bonchev–Trinajstić information content (AvgIpc) is 2.18. The van der Waals surface area contributed by atoms with Crippen LogP contribution in [0.2, 0.25) is 0 Å². The molecule has 0 amide bonds. The second kappa shape index (κ2) is 3.74. The maximum atomic E-state index is 12.9. The molecule has 0 saturated heterocycles. The van der Waals surface area contributed by atoms with Crippen molar-refractivity contribution in [3.8, 4) is 0 Å². The molecule has 0 saturated carbocycles. The van der Waals surface area contributed by atoms with Crippen molar-refractivity contribution < 1.29 is 4.39 Å². The second-order valence-electron chi connectivity index (χ2n) is 3.58. The third kappa shape index (κ3) is 1.90. The molecule has 1 aromatic rings. The predicted molar refractivity (Wildman–Crippen MR) is 55.2 cm³/mol. The number of rotatable bonds is 1. The minimum Gasteiger partial charge on any atom is -0.261 e. The molecule has 1 aliphatic carbocycles. The first-order valence-electron chi connectivity index (χ1n) is 4.74. The van der Waals surface area contributed by atoms with Gasteiger partial charge in [-0.1, -0.05) is 17.7 Å². The molecule has 0 aliphatic heterocycles. The van der Waals surface area contributed by atoms with Crippen molar-refractivity contribution in [2.45, 2.75) is 19.8 Å². The second-order valence-corrected chi connectivity index (χ2v) is 3.58. The van der Waals surface area contributed by atoms with Crippen molar-refractivity contribution in [1.29, 1.82) is 0 Å². The van der Waals surface area contributed by atoms with Crippen LogP contribution >= 0.6 is 0 Å². The van der Waals surface area contributed by atoms with Crippen molar-refractivity contribution >= 4 is 5.57 Å². The summed E-state index contributed by atoms with van der Waals surface area (Å²) in [5.41, 5.74) is 3.29. The molecule has 0 bridgehead atoms. The quantitative estimate of drug-likeness (QED) is 0.660. The Kier molecular flexibility index (Phi) is 2.44. The molecule has 72 valence electrons. The monoisotopic (exact) mass is 189 g/mol. The van der Waals surface area contributed by atoms with Gasteiger partial charge >= 0.3 is 0 Å². The van der Waals surface area contributed by atoms with Gasteiger partial charge in [-0.25, -0.2) is 4.39 Å². The molecule has 0 unspecified atom stereocenters. The lowest BCUT2D eigenvalue weighted by Crippen LogP contribution is -1.91. The zero-order valence-corrected chi connectivity index (χ0v) is 8.13. The number of hydrogen-bond acceptors (Lipinski definition) is 1. The predicted octanol–water partition coefficient (Wildman–Crippen LogP) is 3.34. The van der Waals surface area contributed by atoms with Gasteiger partial charge in [0.05, 0.1) is 6.20 Å². The number of hydrogen-bond donors (Lipinski definition) is 0. The standard InChI is InChI=1S/C12H12FN/c1-9-3-2-4-10(5-9)11-6-12(13)8-14-7-11/h4-8H,2-3H2,1H3. The zero-order valence-electron chi connectivity index (χ0n) is 8.13. The Balaban J connectivity index is 2.36. The average molecular weight is 189 g/mol. The summed E-state index contributed by atoms with van der Waals surface area (Å²) >= 11 is 0. The van der Waals surface area contributed by atoms with Crippen molar-refractivity contribution in [2.75, 3.05) is 0 Å². The molecule has 0 N–H and O–H groups in total. The Morgan fingerprint density at radius 1 is 1.36 bits per heavy atom. The van der Waals surface area contributed by atoms with E-state index >= 15 is 0 Å². The summed E-state index contributed by atoms with van der Waals surface area (Å²) in [7, 11) is 0. The molecule has 1 heterocycles. The number of pyridine rings is 1. The van der Waals surface area contributed by atoms with Crippen LogP contribution in [0.15, 0.2) is 36.2 Å². The zero-order chi connectivity index (χ0) is 9.97. The summed E-state index contributed by atoms with van der Waals surface area (Å²) < 4.78 is 12.9. The van der Waals surface area contributed by atoms with Crippen molar-refractivity contribution in [3.63, 3.8) is 0 Å². The Hall–Kier alpha value is -1.44. The summed E-state index contributed by atoms with van der Waals surface area (Å²) in [6, 6.07) is 1.52. The van der Waals surface area contributed by atoms with Crippen LogP contribution in [0.25, 0.3) is 5.57 Å². The molecule has 0 atom stereocenters. The normalized spacial score (nSPS) is 16.1. The maximum Gasteiger partial charge on any atom is 0.142 e. The Morgan fingerprint density at radius 3 is 2.93 bits per heavy atom. The Bertz CT molecular complexity index is 405. The molecule has 14 heavy (non-hydrogen) atoms. The van der Waals surface area contributed by atoms with Gasteiger partial charge < -0.3 is 0 Å². The fraction of sp³-hybridized carbons (Fsp3) is 0.250. The first-order valence-corrected chi connectivity index (χ1v) is 4.74. The Morgan fingerprint density at radius 2 is 2.21 bits per heavy atom. The van der Waals surface area contributed by atoms with Crippen molar-refractivity contribution in [3.05, 3.63) is 47.6 Å². The van der Waals surface area contributed by atoms with Crippen molar-refractivity contribution in [1.82, 2.24) is 4.98 Å². The number of aromatic nitrogens is 1. The van der Waals surface area contributed by atoms with Crippen LogP contribution in [0.5, 0.6) is 0 Å². The smallest absolute Gasteiger partial charge is 0.142 e. The van der Waals surface area contributed by atoms with E-state index in [2.05, 4.69) is 24.1 Å². The third-order valence-corrected chi connectivity index (χ3v) is 2.34. The largest absolute Gasteiger partial charge is 0.261 e. The molecule has 2 heteroatoms. The van der Waals surface area contributed by atoms with E-state index in [0.717, 1.165) is 24.0 Å². The van der Waals surface area contributed by atoms with Crippen LogP contribution in [-0.2, 0) is 0 Å². The van der Waals surface area contributed by atoms with Crippen LogP contribution in [0, 0.1) is 5.82 Å². The molecule has 0 radical (unpaired) electrons. The molecule has 2 rings (SSSR count). The van der Waals surface area contributed by atoms with E-state index in [1.807, 2.05) is 0 Å². The first kappa shape index (κ1) is 9.13. The van der Waals surface area contributed by atoms with Gasteiger partial charge in [0, 0.05) is 11.8 Å². The first-order chi connectivity index (χ1) is 6.75. The highest BCUT2D eigenvalue weighted by Gasteiger charge is 2.05. The number of halogens is 1. The van der Waals surface area contributed by atoms with Crippen LogP contribution < -0.4 is 0 Å². The van der Waals surface area contributed by atoms with E-state index in [-0.39, 0.29) is 5.82 Å². The van der Waals surface area contributed by atoms with Gasteiger partial charge in [0.2, 0.25) is 0 Å². The molecule has 1 aromatic heterocycles. The van der Waals surface area contributed by atoms with Gasteiger partial charge in [-0.15, -0.1) is 0 Å². The summed E-state index contributed by atoms with van der Waals surface area (Å²) in [4.78, 5) is 3.84. The molecule has 0 spiro atoms. The molecular weight excluding hydrogens is 177 g/mol. The van der Waals surface area contributed by atoms with Crippen molar-refractivity contribution in [2.24, 2.45) is 0 Å².